The van der Waals surface area contributed by atoms with Gasteiger partial charge in [0, 0.05) is 25.4 Å². The summed E-state index contributed by atoms with van der Waals surface area (Å²) in [7, 11) is 1.59. The number of thiazole rings is 1. The standard InChI is InChI=1S/C16H19N3O3S/c1-19(9-10-20)15(22)13-11-23-16(17-13)18-14(21)8-7-12-5-3-2-4-6-12/h2-6,11,20H,7-10H2,1H3,(H,17,18,21). The Hall–Kier alpha value is -2.25. The maximum Gasteiger partial charge on any atom is 0.273 e. The van der Waals surface area contributed by atoms with Crippen molar-refractivity contribution in [2.45, 2.75) is 12.8 Å². The predicted octanol–water partition coefficient (Wildman–Crippen LogP) is 1.78. The Morgan fingerprint density at radius 3 is 2.74 bits per heavy atom. The summed E-state index contributed by atoms with van der Waals surface area (Å²) in [6.07, 6.45) is 1.01. The molecule has 7 heteroatoms. The van der Waals surface area contributed by atoms with Crippen LogP contribution in [0.2, 0.25) is 0 Å². The van der Waals surface area contributed by atoms with Crippen molar-refractivity contribution in [1.29, 1.82) is 0 Å². The number of nitrogens with zero attached hydrogens (tertiary/aromatic N) is 2. The molecule has 0 saturated carbocycles. The van der Waals surface area contributed by atoms with Crippen LogP contribution in [0.25, 0.3) is 0 Å². The van der Waals surface area contributed by atoms with Crippen molar-refractivity contribution in [3.63, 3.8) is 0 Å². The lowest BCUT2D eigenvalue weighted by Gasteiger charge is -2.13. The lowest BCUT2D eigenvalue weighted by Crippen LogP contribution is -2.29. The van der Waals surface area contributed by atoms with Gasteiger partial charge >= 0.3 is 0 Å². The van der Waals surface area contributed by atoms with Gasteiger partial charge in [-0.15, -0.1) is 11.3 Å². The van der Waals surface area contributed by atoms with E-state index in [0.29, 0.717) is 18.0 Å². The van der Waals surface area contributed by atoms with Crippen molar-refractivity contribution >= 4 is 28.3 Å². The highest BCUT2D eigenvalue weighted by Crippen LogP contribution is 2.17. The Labute approximate surface area is 138 Å². The Balaban J connectivity index is 1.86. The summed E-state index contributed by atoms with van der Waals surface area (Å²) < 4.78 is 0. The van der Waals surface area contributed by atoms with E-state index < -0.39 is 0 Å². The van der Waals surface area contributed by atoms with E-state index in [0.717, 1.165) is 5.56 Å². The number of aromatic nitrogens is 1. The quantitative estimate of drug-likeness (QED) is 0.809. The zero-order valence-corrected chi connectivity index (χ0v) is 13.7. The molecule has 122 valence electrons. The lowest BCUT2D eigenvalue weighted by molar-refractivity contribution is -0.116. The van der Waals surface area contributed by atoms with E-state index in [9.17, 15) is 9.59 Å². The smallest absolute Gasteiger partial charge is 0.273 e. The van der Waals surface area contributed by atoms with Crippen LogP contribution in [-0.4, -0.2) is 47.0 Å². The molecule has 0 unspecified atom stereocenters. The number of amides is 2. The van der Waals surface area contributed by atoms with Crippen LogP contribution in [0, 0.1) is 0 Å². The van der Waals surface area contributed by atoms with Crippen LogP contribution in [0.1, 0.15) is 22.5 Å². The van der Waals surface area contributed by atoms with Gasteiger partial charge in [-0.25, -0.2) is 4.98 Å². The molecule has 2 N–H and O–H groups in total. The molecule has 2 rings (SSSR count). The molecule has 0 radical (unpaired) electrons. The average molecular weight is 333 g/mol. The van der Waals surface area contributed by atoms with Crippen molar-refractivity contribution < 1.29 is 14.7 Å². The second-order valence-corrected chi connectivity index (χ2v) is 5.88. The summed E-state index contributed by atoms with van der Waals surface area (Å²) in [4.78, 5) is 29.4. The molecule has 0 fully saturated rings. The third-order valence-electron chi connectivity index (χ3n) is 3.24. The molecule has 0 bridgehead atoms. The first-order valence-electron chi connectivity index (χ1n) is 7.26. The predicted molar refractivity (Wildman–Crippen MR) is 89.6 cm³/mol. The van der Waals surface area contributed by atoms with E-state index in [-0.39, 0.29) is 30.7 Å². The molecule has 1 heterocycles. The highest BCUT2D eigenvalue weighted by molar-refractivity contribution is 7.14. The fraction of sp³-hybridized carbons (Fsp3) is 0.312. The molecular weight excluding hydrogens is 314 g/mol. The van der Waals surface area contributed by atoms with E-state index in [1.807, 2.05) is 30.3 Å². The van der Waals surface area contributed by atoms with E-state index in [4.69, 9.17) is 5.11 Å². The van der Waals surface area contributed by atoms with E-state index >= 15 is 0 Å². The first-order valence-corrected chi connectivity index (χ1v) is 8.13. The SMILES string of the molecule is CN(CCO)C(=O)c1csc(NC(=O)CCc2ccccc2)n1. The minimum atomic E-state index is -0.278. The fourth-order valence-corrected chi connectivity index (χ4v) is 2.66. The monoisotopic (exact) mass is 333 g/mol. The highest BCUT2D eigenvalue weighted by atomic mass is 32.1. The first-order chi connectivity index (χ1) is 11.1. The number of aliphatic hydroxyl groups excluding tert-OH is 1. The van der Waals surface area contributed by atoms with E-state index in [2.05, 4.69) is 10.3 Å². The number of carbonyl (C=O) groups is 2. The summed E-state index contributed by atoms with van der Waals surface area (Å²) in [5.41, 5.74) is 1.37. The molecule has 2 aromatic rings. The number of carbonyl (C=O) groups excluding carboxylic acids is 2. The number of aliphatic hydroxyl groups is 1. The number of aryl methyl sites for hydroxylation is 1. The Morgan fingerprint density at radius 1 is 1.30 bits per heavy atom. The van der Waals surface area contributed by atoms with Crippen molar-refractivity contribution in [1.82, 2.24) is 9.88 Å². The van der Waals surface area contributed by atoms with Gasteiger partial charge in [-0.2, -0.15) is 0 Å². The number of nitrogens with one attached hydrogen (secondary N) is 1. The van der Waals surface area contributed by atoms with Crippen LogP contribution in [0.4, 0.5) is 5.13 Å². The maximum atomic E-state index is 12.0. The maximum absolute atomic E-state index is 12.0. The van der Waals surface area contributed by atoms with Gasteiger partial charge in [0.05, 0.1) is 6.61 Å². The topological polar surface area (TPSA) is 82.5 Å². The molecule has 0 spiro atoms. The molecule has 1 aromatic heterocycles. The fourth-order valence-electron chi connectivity index (χ4n) is 1.96. The van der Waals surface area contributed by atoms with Gasteiger partial charge < -0.3 is 15.3 Å². The number of rotatable bonds is 7. The molecule has 23 heavy (non-hydrogen) atoms. The summed E-state index contributed by atoms with van der Waals surface area (Å²) in [5, 5.41) is 13.6. The van der Waals surface area contributed by atoms with Crippen LogP contribution in [0.15, 0.2) is 35.7 Å². The molecule has 2 amide bonds. The average Bonchev–Trinajstić information content (AvgIpc) is 3.02. The summed E-state index contributed by atoms with van der Waals surface area (Å²) in [6.45, 7) is 0.143. The lowest BCUT2D eigenvalue weighted by atomic mass is 10.1. The van der Waals surface area contributed by atoms with Gasteiger partial charge in [-0.05, 0) is 12.0 Å². The van der Waals surface area contributed by atoms with Crippen LogP contribution >= 0.6 is 11.3 Å². The highest BCUT2D eigenvalue weighted by Gasteiger charge is 2.15. The van der Waals surface area contributed by atoms with Crippen molar-refractivity contribution in [2.75, 3.05) is 25.5 Å². The van der Waals surface area contributed by atoms with Gasteiger partial charge in [0.25, 0.3) is 5.91 Å². The van der Waals surface area contributed by atoms with Gasteiger partial charge in [0.2, 0.25) is 5.91 Å². The third-order valence-corrected chi connectivity index (χ3v) is 3.99. The molecule has 1 aromatic carbocycles. The minimum Gasteiger partial charge on any atom is -0.395 e. The van der Waals surface area contributed by atoms with Crippen molar-refractivity contribution in [3.05, 3.63) is 47.0 Å². The van der Waals surface area contributed by atoms with Crippen LogP contribution < -0.4 is 5.32 Å². The second kappa shape index (κ2) is 8.40. The summed E-state index contributed by atoms with van der Waals surface area (Å²) >= 11 is 1.21. The normalized spacial score (nSPS) is 10.3. The number of hydrogen-bond donors (Lipinski definition) is 2. The van der Waals surface area contributed by atoms with Crippen molar-refractivity contribution in [2.24, 2.45) is 0 Å². The second-order valence-electron chi connectivity index (χ2n) is 5.02. The zero-order valence-electron chi connectivity index (χ0n) is 12.9. The van der Waals surface area contributed by atoms with Crippen LogP contribution in [0.3, 0.4) is 0 Å². The molecular formula is C16H19N3O3S. The minimum absolute atomic E-state index is 0.102. The molecule has 0 aliphatic rings. The number of benzene rings is 1. The molecule has 0 aliphatic heterocycles. The summed E-state index contributed by atoms with van der Waals surface area (Å²) in [6, 6.07) is 9.77. The Kier molecular flexibility index (Phi) is 6.25. The molecule has 0 atom stereocenters. The van der Waals surface area contributed by atoms with Crippen LogP contribution in [-0.2, 0) is 11.2 Å². The first kappa shape index (κ1) is 17.1. The largest absolute Gasteiger partial charge is 0.395 e. The molecule has 0 aliphatic carbocycles. The van der Waals surface area contributed by atoms with Gasteiger partial charge in [-0.1, -0.05) is 30.3 Å². The Bertz CT molecular complexity index is 658. The Morgan fingerprint density at radius 2 is 2.04 bits per heavy atom. The van der Waals surface area contributed by atoms with Crippen molar-refractivity contribution in [3.8, 4) is 0 Å². The van der Waals surface area contributed by atoms with Gasteiger partial charge in [-0.3, -0.25) is 9.59 Å². The zero-order chi connectivity index (χ0) is 16.7. The number of likely N-dealkylation sites (N-methyl/N-ethyl adjacent to an activating group) is 1. The number of anilines is 1. The van der Waals surface area contributed by atoms with E-state index in [1.165, 1.54) is 16.2 Å². The van der Waals surface area contributed by atoms with Gasteiger partial charge in [0.15, 0.2) is 5.13 Å². The third kappa shape index (κ3) is 5.15. The van der Waals surface area contributed by atoms with Gasteiger partial charge in [0.1, 0.15) is 5.69 Å². The molecule has 6 nitrogen and oxygen atoms in total. The molecule has 0 saturated heterocycles. The van der Waals surface area contributed by atoms with Crippen LogP contribution in [0.5, 0.6) is 0 Å². The number of hydrogen-bond acceptors (Lipinski definition) is 5. The van der Waals surface area contributed by atoms with E-state index in [1.54, 1.807) is 12.4 Å². The summed E-state index contributed by atoms with van der Waals surface area (Å²) in [5.74, 6) is -0.411.